The van der Waals surface area contributed by atoms with Crippen LogP contribution in [-0.2, 0) is 19.2 Å². The van der Waals surface area contributed by atoms with E-state index >= 15 is 0 Å². The monoisotopic (exact) mass is 473 g/mol. The van der Waals surface area contributed by atoms with E-state index in [1.807, 2.05) is 0 Å². The highest BCUT2D eigenvalue weighted by Gasteiger charge is 2.38. The number of aliphatic hydroxyl groups excluding tert-OH is 1. The van der Waals surface area contributed by atoms with E-state index in [0.717, 1.165) is 0 Å². The van der Waals surface area contributed by atoms with E-state index in [9.17, 15) is 13.5 Å². The van der Waals surface area contributed by atoms with Gasteiger partial charge in [0.15, 0.2) is 11.9 Å². The first-order valence-corrected chi connectivity index (χ1v) is 11.2. The van der Waals surface area contributed by atoms with Gasteiger partial charge < -0.3 is 15.6 Å². The molecular formula is C15H16ClN7O5S2. The zero-order valence-electron chi connectivity index (χ0n) is 15.1. The number of nitrogen functional groups attached to an aromatic ring is 1. The van der Waals surface area contributed by atoms with Gasteiger partial charge in [0.1, 0.15) is 28.3 Å². The van der Waals surface area contributed by atoms with Crippen LogP contribution in [0.5, 0.6) is 0 Å². The second kappa shape index (κ2) is 8.22. The molecule has 12 nitrogen and oxygen atoms in total. The number of rotatable bonds is 6. The molecule has 3 aromatic rings. The van der Waals surface area contributed by atoms with Crippen LogP contribution in [0, 0.1) is 0 Å². The van der Waals surface area contributed by atoms with Gasteiger partial charge in [-0.25, -0.2) is 24.8 Å². The molecule has 1 aliphatic rings. The molecule has 15 heteroatoms. The molecule has 0 aromatic carbocycles. The lowest BCUT2D eigenvalue weighted by Gasteiger charge is -2.14. The fraction of sp³-hybridized carbons (Fsp3) is 0.333. The van der Waals surface area contributed by atoms with Gasteiger partial charge >= 0.3 is 10.3 Å². The smallest absolute Gasteiger partial charge is 0.333 e. The average Bonchev–Trinajstić information content (AvgIpc) is 3.23. The van der Waals surface area contributed by atoms with E-state index in [1.54, 1.807) is 12.1 Å². The Balaban J connectivity index is 1.65. The van der Waals surface area contributed by atoms with Crippen LogP contribution in [0.25, 0.3) is 11.0 Å². The Hall–Kier alpha value is -2.07. The van der Waals surface area contributed by atoms with E-state index in [0.29, 0.717) is 26.1 Å². The first-order chi connectivity index (χ1) is 14.2. The van der Waals surface area contributed by atoms with Crippen LogP contribution in [-0.4, -0.2) is 57.1 Å². The molecule has 0 saturated carbocycles. The van der Waals surface area contributed by atoms with Crippen LogP contribution in [0.2, 0.25) is 5.02 Å². The van der Waals surface area contributed by atoms with Gasteiger partial charge in [-0.2, -0.15) is 13.5 Å². The van der Waals surface area contributed by atoms with Gasteiger partial charge in [0.2, 0.25) is 0 Å². The Morgan fingerprint density at radius 2 is 2.17 bits per heavy atom. The van der Waals surface area contributed by atoms with Gasteiger partial charge in [0.25, 0.3) is 0 Å². The number of aromatic nitrogens is 5. The summed E-state index contributed by atoms with van der Waals surface area (Å²) in [6, 6.07) is 3.43. The van der Waals surface area contributed by atoms with Crippen LogP contribution in [0.1, 0.15) is 12.6 Å². The third-order valence-corrected chi connectivity index (χ3v) is 5.88. The average molecular weight is 474 g/mol. The SMILES string of the molecule is Nc1ncnc2c1c(Sc1ccc(Cl)cn1)nn2[C@H]1C[C@H](O)[C@H](COS(N)(=O)=O)O1. The highest BCUT2D eigenvalue weighted by atomic mass is 35.5. The number of hydrogen-bond acceptors (Lipinski definition) is 11. The lowest BCUT2D eigenvalue weighted by atomic mass is 10.2. The van der Waals surface area contributed by atoms with Gasteiger partial charge in [-0.15, -0.1) is 0 Å². The molecule has 1 fully saturated rings. The summed E-state index contributed by atoms with van der Waals surface area (Å²) in [6.45, 7) is -0.427. The molecule has 4 heterocycles. The standard InChI is InChI=1S/C15H16ClN7O5S2/c16-7-1-2-10(19-4-7)29-15-12-13(17)20-6-21-14(12)23(22-15)11-3-8(24)9(28-11)5-27-30(18,25)26/h1-2,4,6,8-9,11,24H,3,5H2,(H2,17,20,21)(H2,18,25,26)/t8-,9-,11+/m0/s1. The number of ether oxygens (including phenoxy) is 1. The lowest BCUT2D eigenvalue weighted by molar-refractivity contribution is -0.0415. The molecule has 160 valence electrons. The van der Waals surface area contributed by atoms with Crippen LogP contribution >= 0.6 is 23.4 Å². The third-order valence-electron chi connectivity index (χ3n) is 4.26. The molecule has 1 aliphatic heterocycles. The third kappa shape index (κ3) is 4.49. The van der Waals surface area contributed by atoms with E-state index in [-0.39, 0.29) is 12.2 Å². The first kappa shape index (κ1) is 21.2. The summed E-state index contributed by atoms with van der Waals surface area (Å²) in [5.41, 5.74) is 6.44. The summed E-state index contributed by atoms with van der Waals surface area (Å²) in [5.74, 6) is 0.218. The van der Waals surface area contributed by atoms with Crippen molar-refractivity contribution in [2.45, 2.75) is 34.9 Å². The van der Waals surface area contributed by atoms with Gasteiger partial charge in [0.05, 0.1) is 23.1 Å². The summed E-state index contributed by atoms with van der Waals surface area (Å²) >= 11 is 7.11. The Labute approximate surface area is 179 Å². The minimum atomic E-state index is -4.16. The quantitative estimate of drug-likeness (QED) is 0.452. The van der Waals surface area contributed by atoms with Crippen molar-refractivity contribution >= 4 is 50.5 Å². The molecule has 5 N–H and O–H groups in total. The van der Waals surface area contributed by atoms with Crippen LogP contribution in [0.3, 0.4) is 0 Å². The van der Waals surface area contributed by atoms with Crippen LogP contribution < -0.4 is 10.9 Å². The summed E-state index contributed by atoms with van der Waals surface area (Å²) in [4.78, 5) is 12.5. The van der Waals surface area contributed by atoms with Crippen molar-refractivity contribution in [1.29, 1.82) is 0 Å². The van der Waals surface area contributed by atoms with Crippen molar-refractivity contribution in [3.63, 3.8) is 0 Å². The summed E-state index contributed by atoms with van der Waals surface area (Å²) < 4.78 is 33.8. The molecule has 1 saturated heterocycles. The Morgan fingerprint density at radius 3 is 2.87 bits per heavy atom. The fourth-order valence-corrected chi connectivity index (χ4v) is 4.24. The van der Waals surface area contributed by atoms with Gasteiger partial charge in [-0.05, 0) is 23.9 Å². The Kier molecular flexibility index (Phi) is 5.80. The van der Waals surface area contributed by atoms with Crippen molar-refractivity contribution < 1.29 is 22.4 Å². The van der Waals surface area contributed by atoms with E-state index in [2.05, 4.69) is 24.2 Å². The van der Waals surface area contributed by atoms with E-state index in [4.69, 9.17) is 27.2 Å². The van der Waals surface area contributed by atoms with Crippen LogP contribution in [0.4, 0.5) is 5.82 Å². The Morgan fingerprint density at radius 1 is 1.37 bits per heavy atom. The molecule has 0 spiro atoms. The number of anilines is 1. The number of pyridine rings is 1. The maximum absolute atomic E-state index is 11.0. The maximum Gasteiger partial charge on any atom is 0.333 e. The van der Waals surface area contributed by atoms with Crippen molar-refractivity contribution in [1.82, 2.24) is 24.7 Å². The highest BCUT2D eigenvalue weighted by Crippen LogP contribution is 2.37. The van der Waals surface area contributed by atoms with Crippen molar-refractivity contribution in [2.75, 3.05) is 12.3 Å². The summed E-state index contributed by atoms with van der Waals surface area (Å²) in [5, 5.41) is 21.7. The molecule has 4 rings (SSSR count). The molecule has 30 heavy (non-hydrogen) atoms. The topological polar surface area (TPSA) is 181 Å². The Bertz CT molecular complexity index is 1170. The maximum atomic E-state index is 11.0. The number of aliphatic hydroxyl groups is 1. The number of nitrogens with two attached hydrogens (primary N) is 2. The van der Waals surface area contributed by atoms with E-state index < -0.39 is 35.3 Å². The van der Waals surface area contributed by atoms with Crippen LogP contribution in [0.15, 0.2) is 34.7 Å². The molecule has 3 atom stereocenters. The largest absolute Gasteiger partial charge is 0.390 e. The second-order valence-corrected chi connectivity index (χ2v) is 9.00. The van der Waals surface area contributed by atoms with Crippen molar-refractivity contribution in [2.24, 2.45) is 5.14 Å². The predicted octanol–water partition coefficient (Wildman–Crippen LogP) is 0.477. The van der Waals surface area contributed by atoms with Gasteiger partial charge in [0, 0.05) is 12.6 Å². The van der Waals surface area contributed by atoms with Crippen molar-refractivity contribution in [3.8, 4) is 0 Å². The summed E-state index contributed by atoms with van der Waals surface area (Å²) in [6.07, 6.45) is 0.277. The zero-order chi connectivity index (χ0) is 21.5. The van der Waals surface area contributed by atoms with Crippen molar-refractivity contribution in [3.05, 3.63) is 29.7 Å². The fourth-order valence-electron chi connectivity index (χ4n) is 2.93. The molecular weight excluding hydrogens is 458 g/mol. The van der Waals surface area contributed by atoms with E-state index in [1.165, 1.54) is 29.0 Å². The minimum absolute atomic E-state index is 0.128. The summed E-state index contributed by atoms with van der Waals surface area (Å²) in [7, 11) is -4.16. The predicted molar refractivity (Wildman–Crippen MR) is 107 cm³/mol. The lowest BCUT2D eigenvalue weighted by Crippen LogP contribution is -2.30. The zero-order valence-corrected chi connectivity index (χ0v) is 17.5. The second-order valence-electron chi connectivity index (χ2n) is 6.33. The normalized spacial score (nSPS) is 22.0. The van der Waals surface area contributed by atoms with Gasteiger partial charge in [-0.3, -0.25) is 4.18 Å². The molecule has 3 aromatic heterocycles. The number of nitrogens with zero attached hydrogens (tertiary/aromatic N) is 5. The number of halogens is 1. The molecule has 0 radical (unpaired) electrons. The number of hydrogen-bond donors (Lipinski definition) is 3. The molecule has 0 amide bonds. The number of fused-ring (bicyclic) bond motifs is 1. The highest BCUT2D eigenvalue weighted by molar-refractivity contribution is 7.99. The minimum Gasteiger partial charge on any atom is -0.390 e. The molecule has 0 bridgehead atoms. The molecule has 0 unspecified atom stereocenters. The molecule has 0 aliphatic carbocycles. The first-order valence-electron chi connectivity index (χ1n) is 8.50. The van der Waals surface area contributed by atoms with Gasteiger partial charge in [-0.1, -0.05) is 11.6 Å².